The van der Waals surface area contributed by atoms with Crippen LogP contribution in [0.4, 0.5) is 0 Å². The smallest absolute Gasteiger partial charge is 0.189 e. The molecule has 1 heterocycles. The molecule has 0 bridgehead atoms. The van der Waals surface area contributed by atoms with Crippen molar-refractivity contribution in [3.8, 4) is 5.75 Å². The molecular formula is C14H15NO2. The number of aromatic nitrogens is 1. The standard InChI is InChI=1S/C14H15NO2/c1-12-4-6-14(7-5-12)17-11-13(16)10-15-8-2-3-9-15/h2-9H,10-11H2,1H3. The molecule has 0 saturated carbocycles. The van der Waals surface area contributed by atoms with Crippen LogP contribution in [0.2, 0.25) is 0 Å². The maximum absolute atomic E-state index is 11.6. The molecule has 0 spiro atoms. The van der Waals surface area contributed by atoms with E-state index in [1.54, 1.807) is 0 Å². The van der Waals surface area contributed by atoms with Crippen molar-refractivity contribution in [2.75, 3.05) is 6.61 Å². The second-order valence-electron chi connectivity index (χ2n) is 4.00. The van der Waals surface area contributed by atoms with Gasteiger partial charge >= 0.3 is 0 Å². The summed E-state index contributed by atoms with van der Waals surface area (Å²) < 4.78 is 7.24. The van der Waals surface area contributed by atoms with E-state index in [2.05, 4.69) is 0 Å². The summed E-state index contributed by atoms with van der Waals surface area (Å²) >= 11 is 0. The first-order valence-electron chi connectivity index (χ1n) is 5.56. The molecule has 88 valence electrons. The van der Waals surface area contributed by atoms with E-state index < -0.39 is 0 Å². The first-order valence-corrected chi connectivity index (χ1v) is 5.56. The lowest BCUT2D eigenvalue weighted by Gasteiger charge is -2.06. The second kappa shape index (κ2) is 5.34. The minimum atomic E-state index is 0.0572. The Morgan fingerprint density at radius 1 is 1.18 bits per heavy atom. The molecule has 17 heavy (non-hydrogen) atoms. The third-order valence-corrected chi connectivity index (χ3v) is 2.45. The van der Waals surface area contributed by atoms with Gasteiger partial charge in [0.05, 0.1) is 6.54 Å². The zero-order chi connectivity index (χ0) is 12.1. The van der Waals surface area contributed by atoms with Crippen LogP contribution in [0, 0.1) is 6.92 Å². The molecule has 0 N–H and O–H groups in total. The first kappa shape index (κ1) is 11.5. The van der Waals surface area contributed by atoms with Gasteiger partial charge in [-0.2, -0.15) is 0 Å². The van der Waals surface area contributed by atoms with Crippen LogP contribution in [0.1, 0.15) is 5.56 Å². The van der Waals surface area contributed by atoms with Crippen LogP contribution < -0.4 is 4.74 Å². The van der Waals surface area contributed by atoms with Crippen molar-refractivity contribution in [1.82, 2.24) is 4.57 Å². The number of carbonyl (C=O) groups is 1. The summed E-state index contributed by atoms with van der Waals surface area (Å²) in [6.07, 6.45) is 3.73. The van der Waals surface area contributed by atoms with Crippen molar-refractivity contribution < 1.29 is 9.53 Å². The van der Waals surface area contributed by atoms with Crippen LogP contribution >= 0.6 is 0 Å². The zero-order valence-corrected chi connectivity index (χ0v) is 9.80. The molecular weight excluding hydrogens is 214 g/mol. The lowest BCUT2D eigenvalue weighted by molar-refractivity contribution is -0.121. The van der Waals surface area contributed by atoms with E-state index in [1.165, 1.54) is 5.56 Å². The normalized spacial score (nSPS) is 10.2. The summed E-state index contributed by atoms with van der Waals surface area (Å²) in [4.78, 5) is 11.6. The number of ketones is 1. The number of ether oxygens (including phenoxy) is 1. The van der Waals surface area contributed by atoms with Gasteiger partial charge in [-0.3, -0.25) is 4.79 Å². The fraction of sp³-hybridized carbons (Fsp3) is 0.214. The van der Waals surface area contributed by atoms with Gasteiger partial charge in [-0.15, -0.1) is 0 Å². The summed E-state index contributed by atoms with van der Waals surface area (Å²) in [6.45, 7) is 2.49. The van der Waals surface area contributed by atoms with Gasteiger partial charge in [0.15, 0.2) is 5.78 Å². The number of carbonyl (C=O) groups excluding carboxylic acids is 1. The lowest BCUT2D eigenvalue weighted by Crippen LogP contribution is -2.16. The number of nitrogens with zero attached hydrogens (tertiary/aromatic N) is 1. The van der Waals surface area contributed by atoms with Crippen LogP contribution in [0.15, 0.2) is 48.8 Å². The second-order valence-corrected chi connectivity index (χ2v) is 4.00. The average Bonchev–Trinajstić information content (AvgIpc) is 2.81. The van der Waals surface area contributed by atoms with Gasteiger partial charge in [0, 0.05) is 12.4 Å². The van der Waals surface area contributed by atoms with E-state index in [0.717, 1.165) is 5.75 Å². The largest absolute Gasteiger partial charge is 0.486 e. The highest BCUT2D eigenvalue weighted by Gasteiger charge is 2.03. The van der Waals surface area contributed by atoms with Gasteiger partial charge in [0.2, 0.25) is 0 Å². The Morgan fingerprint density at radius 3 is 2.47 bits per heavy atom. The zero-order valence-electron chi connectivity index (χ0n) is 9.80. The summed E-state index contributed by atoms with van der Waals surface area (Å²) in [5.41, 5.74) is 1.18. The van der Waals surface area contributed by atoms with E-state index in [0.29, 0.717) is 6.54 Å². The van der Waals surface area contributed by atoms with E-state index >= 15 is 0 Å². The number of Topliss-reactive ketones (excluding diaryl/α,β-unsaturated/α-hetero) is 1. The maximum Gasteiger partial charge on any atom is 0.189 e. The number of aryl methyl sites for hydroxylation is 1. The van der Waals surface area contributed by atoms with Gasteiger partial charge in [-0.05, 0) is 31.2 Å². The van der Waals surface area contributed by atoms with Crippen molar-refractivity contribution in [3.05, 3.63) is 54.4 Å². The molecule has 3 heteroatoms. The van der Waals surface area contributed by atoms with Gasteiger partial charge in [0.1, 0.15) is 12.4 Å². The predicted molar refractivity (Wildman–Crippen MR) is 66.1 cm³/mol. The predicted octanol–water partition coefficient (Wildman–Crippen LogP) is 2.44. The number of rotatable bonds is 5. The Morgan fingerprint density at radius 2 is 1.82 bits per heavy atom. The Labute approximate surface area is 101 Å². The van der Waals surface area contributed by atoms with E-state index in [-0.39, 0.29) is 12.4 Å². The van der Waals surface area contributed by atoms with Crippen molar-refractivity contribution in [1.29, 1.82) is 0 Å². The molecule has 0 radical (unpaired) electrons. The van der Waals surface area contributed by atoms with Crippen molar-refractivity contribution in [3.63, 3.8) is 0 Å². The highest BCUT2D eigenvalue weighted by molar-refractivity contribution is 5.79. The monoisotopic (exact) mass is 229 g/mol. The fourth-order valence-corrected chi connectivity index (χ4v) is 1.52. The molecule has 0 fully saturated rings. The van der Waals surface area contributed by atoms with Gasteiger partial charge in [-0.25, -0.2) is 0 Å². The van der Waals surface area contributed by atoms with Gasteiger partial charge in [-0.1, -0.05) is 17.7 Å². The minimum absolute atomic E-state index is 0.0572. The van der Waals surface area contributed by atoms with Gasteiger partial charge < -0.3 is 9.30 Å². The van der Waals surface area contributed by atoms with Crippen molar-refractivity contribution >= 4 is 5.78 Å². The summed E-state index contributed by atoms with van der Waals surface area (Å²) in [5.74, 6) is 0.790. The fourth-order valence-electron chi connectivity index (χ4n) is 1.52. The Kier molecular flexibility index (Phi) is 3.60. The van der Waals surface area contributed by atoms with Crippen LogP contribution in [-0.4, -0.2) is 17.0 Å². The SMILES string of the molecule is Cc1ccc(OCC(=O)Cn2cccc2)cc1. The Bertz CT molecular complexity index is 471. The molecule has 0 aliphatic carbocycles. The average molecular weight is 229 g/mol. The highest BCUT2D eigenvalue weighted by Crippen LogP contribution is 2.11. The van der Waals surface area contributed by atoms with Crippen LogP contribution in [0.3, 0.4) is 0 Å². The molecule has 2 aromatic rings. The molecule has 0 amide bonds. The topological polar surface area (TPSA) is 31.2 Å². The first-order chi connectivity index (χ1) is 8.24. The van der Waals surface area contributed by atoms with E-state index in [1.807, 2.05) is 60.3 Å². The van der Waals surface area contributed by atoms with Crippen molar-refractivity contribution in [2.24, 2.45) is 0 Å². The third-order valence-electron chi connectivity index (χ3n) is 2.45. The molecule has 0 unspecified atom stereocenters. The quantitative estimate of drug-likeness (QED) is 0.788. The maximum atomic E-state index is 11.6. The van der Waals surface area contributed by atoms with E-state index in [9.17, 15) is 4.79 Å². The van der Waals surface area contributed by atoms with E-state index in [4.69, 9.17) is 4.74 Å². The Balaban J connectivity index is 1.82. The summed E-state index contributed by atoms with van der Waals surface area (Å²) in [6, 6.07) is 11.5. The Hall–Kier alpha value is -2.03. The third kappa shape index (κ3) is 3.48. The summed E-state index contributed by atoms with van der Waals surface area (Å²) in [7, 11) is 0. The highest BCUT2D eigenvalue weighted by atomic mass is 16.5. The number of hydrogen-bond acceptors (Lipinski definition) is 2. The molecule has 2 rings (SSSR count). The summed E-state index contributed by atoms with van der Waals surface area (Å²) in [5, 5.41) is 0. The number of benzene rings is 1. The lowest BCUT2D eigenvalue weighted by atomic mass is 10.2. The minimum Gasteiger partial charge on any atom is -0.486 e. The molecule has 0 atom stereocenters. The van der Waals surface area contributed by atoms with Crippen molar-refractivity contribution in [2.45, 2.75) is 13.5 Å². The molecule has 1 aromatic heterocycles. The molecule has 0 aliphatic heterocycles. The molecule has 3 nitrogen and oxygen atoms in total. The van der Waals surface area contributed by atoms with Crippen LogP contribution in [0.5, 0.6) is 5.75 Å². The van der Waals surface area contributed by atoms with Gasteiger partial charge in [0.25, 0.3) is 0 Å². The molecule has 1 aromatic carbocycles. The number of hydrogen-bond donors (Lipinski definition) is 0. The van der Waals surface area contributed by atoms with Crippen LogP contribution in [-0.2, 0) is 11.3 Å². The molecule has 0 aliphatic rings. The van der Waals surface area contributed by atoms with Crippen LogP contribution in [0.25, 0.3) is 0 Å². The molecule has 0 saturated heterocycles.